The quantitative estimate of drug-likeness (QED) is 0.627. The number of hydrogen-bond acceptors (Lipinski definition) is 4. The summed E-state index contributed by atoms with van der Waals surface area (Å²) in [7, 11) is 3.28. The normalized spacial score (nSPS) is 16.8. The Labute approximate surface area is 131 Å². The van der Waals surface area contributed by atoms with E-state index in [9.17, 15) is 18.0 Å². The Morgan fingerprint density at radius 3 is 2.57 bits per heavy atom. The highest BCUT2D eigenvalue weighted by molar-refractivity contribution is 6.30. The van der Waals surface area contributed by atoms with E-state index >= 15 is 0 Å². The van der Waals surface area contributed by atoms with E-state index in [0.717, 1.165) is 12.1 Å². The van der Waals surface area contributed by atoms with Crippen molar-refractivity contribution in [1.29, 1.82) is 0 Å². The lowest BCUT2D eigenvalue weighted by molar-refractivity contribution is -0.137. The Hall–Kier alpha value is -2.44. The Bertz CT molecular complexity index is 675. The second-order valence-electron chi connectivity index (χ2n) is 5.02. The van der Waals surface area contributed by atoms with Gasteiger partial charge in [0, 0.05) is 14.1 Å². The minimum atomic E-state index is -4.48. The van der Waals surface area contributed by atoms with Crippen molar-refractivity contribution in [3.8, 4) is 0 Å². The van der Waals surface area contributed by atoms with Crippen LogP contribution in [0.3, 0.4) is 0 Å². The summed E-state index contributed by atoms with van der Waals surface area (Å²) >= 11 is 0. The predicted octanol–water partition coefficient (Wildman–Crippen LogP) is 3.41. The minimum Gasteiger partial charge on any atom is -0.497 e. The average Bonchev–Trinajstić information content (AvgIpc) is 2.81. The molecule has 1 aliphatic rings. The van der Waals surface area contributed by atoms with Crippen molar-refractivity contribution < 1.29 is 27.4 Å². The van der Waals surface area contributed by atoms with Crippen LogP contribution >= 0.6 is 0 Å². The highest BCUT2D eigenvalue weighted by Crippen LogP contribution is 2.36. The van der Waals surface area contributed by atoms with Crippen LogP contribution in [0.25, 0.3) is 5.57 Å². The first-order valence-corrected chi connectivity index (χ1v) is 6.89. The van der Waals surface area contributed by atoms with Crippen LogP contribution in [-0.4, -0.2) is 31.4 Å². The van der Waals surface area contributed by atoms with E-state index < -0.39 is 17.5 Å². The third kappa shape index (κ3) is 3.49. The Morgan fingerprint density at radius 1 is 1.30 bits per heavy atom. The molecule has 7 heteroatoms. The average molecular weight is 327 g/mol. The minimum absolute atomic E-state index is 0.0528. The van der Waals surface area contributed by atoms with E-state index in [1.54, 1.807) is 21.0 Å². The molecule has 0 saturated carbocycles. The van der Waals surface area contributed by atoms with Crippen LogP contribution in [0.4, 0.5) is 13.2 Å². The van der Waals surface area contributed by atoms with Crippen molar-refractivity contribution in [3.05, 3.63) is 53.3 Å². The lowest BCUT2D eigenvalue weighted by atomic mass is 10.00. The van der Waals surface area contributed by atoms with Crippen LogP contribution in [0.2, 0.25) is 0 Å². The number of rotatable bonds is 4. The SMILES string of the molecule is CCOC=C1OC(N(C)C)=C(c2cccc(C(F)(F)F)c2)C1=O. The van der Waals surface area contributed by atoms with Crippen molar-refractivity contribution in [1.82, 2.24) is 4.90 Å². The van der Waals surface area contributed by atoms with Crippen LogP contribution in [0.5, 0.6) is 0 Å². The van der Waals surface area contributed by atoms with Gasteiger partial charge in [0.15, 0.2) is 0 Å². The molecule has 0 unspecified atom stereocenters. The van der Waals surface area contributed by atoms with Gasteiger partial charge < -0.3 is 14.4 Å². The second-order valence-corrected chi connectivity index (χ2v) is 5.02. The number of halogens is 3. The zero-order chi connectivity index (χ0) is 17.2. The number of ketones is 1. The molecule has 1 heterocycles. The molecule has 23 heavy (non-hydrogen) atoms. The summed E-state index contributed by atoms with van der Waals surface area (Å²) in [5, 5.41) is 0. The molecule has 0 N–H and O–H groups in total. The summed E-state index contributed by atoms with van der Waals surface area (Å²) in [5.74, 6) is -0.385. The molecule has 2 rings (SSSR count). The fourth-order valence-electron chi connectivity index (χ4n) is 2.08. The van der Waals surface area contributed by atoms with Gasteiger partial charge in [-0.25, -0.2) is 0 Å². The first-order valence-electron chi connectivity index (χ1n) is 6.89. The second kappa shape index (κ2) is 6.36. The van der Waals surface area contributed by atoms with Gasteiger partial charge in [-0.15, -0.1) is 0 Å². The molecule has 0 aliphatic carbocycles. The van der Waals surface area contributed by atoms with Crippen LogP contribution in [-0.2, 0) is 20.4 Å². The van der Waals surface area contributed by atoms with Crippen molar-refractivity contribution >= 4 is 11.4 Å². The molecule has 0 fully saturated rings. The van der Waals surface area contributed by atoms with Gasteiger partial charge in [0.05, 0.1) is 17.7 Å². The number of hydrogen-bond donors (Lipinski definition) is 0. The lowest BCUT2D eigenvalue weighted by Crippen LogP contribution is -2.12. The molecule has 0 aromatic heterocycles. The largest absolute Gasteiger partial charge is 0.497 e. The number of benzene rings is 1. The summed E-state index contributed by atoms with van der Waals surface area (Å²) in [4.78, 5) is 14.0. The molecule has 1 aliphatic heterocycles. The van der Waals surface area contributed by atoms with Gasteiger partial charge in [0.1, 0.15) is 6.26 Å². The first-order chi connectivity index (χ1) is 10.8. The number of ether oxygens (including phenoxy) is 2. The highest BCUT2D eigenvalue weighted by atomic mass is 19.4. The summed E-state index contributed by atoms with van der Waals surface area (Å²) in [6.07, 6.45) is -3.31. The summed E-state index contributed by atoms with van der Waals surface area (Å²) < 4.78 is 49.1. The van der Waals surface area contributed by atoms with Gasteiger partial charge in [0.2, 0.25) is 17.4 Å². The highest BCUT2D eigenvalue weighted by Gasteiger charge is 2.36. The number of alkyl halides is 3. The summed E-state index contributed by atoms with van der Waals surface area (Å²) in [6, 6.07) is 4.59. The topological polar surface area (TPSA) is 38.8 Å². The molecule has 0 bridgehead atoms. The molecule has 1 aromatic carbocycles. The molecule has 0 radical (unpaired) electrons. The van der Waals surface area contributed by atoms with Crippen LogP contribution in [0.15, 0.2) is 42.2 Å². The monoisotopic (exact) mass is 327 g/mol. The van der Waals surface area contributed by atoms with Crippen LogP contribution in [0.1, 0.15) is 18.1 Å². The maximum Gasteiger partial charge on any atom is 0.416 e. The Balaban J connectivity index is 2.50. The maximum absolute atomic E-state index is 12.9. The fraction of sp³-hybridized carbons (Fsp3) is 0.312. The predicted molar refractivity (Wildman–Crippen MR) is 77.9 cm³/mol. The fourth-order valence-corrected chi connectivity index (χ4v) is 2.08. The van der Waals surface area contributed by atoms with Gasteiger partial charge in [-0.05, 0) is 24.6 Å². The molecule has 4 nitrogen and oxygen atoms in total. The standard InChI is InChI=1S/C16H16F3NO3/c1-4-22-9-12-14(21)13(15(23-12)20(2)3)10-6-5-7-11(8-10)16(17,18)19/h5-9H,4H2,1-3H3. The van der Waals surface area contributed by atoms with Crippen LogP contribution < -0.4 is 0 Å². The third-order valence-corrected chi connectivity index (χ3v) is 3.11. The van der Waals surface area contributed by atoms with Gasteiger partial charge in [0.25, 0.3) is 0 Å². The smallest absolute Gasteiger partial charge is 0.416 e. The van der Waals surface area contributed by atoms with Gasteiger partial charge in [-0.3, -0.25) is 4.79 Å². The lowest BCUT2D eigenvalue weighted by Gasteiger charge is -2.15. The molecule has 0 saturated heterocycles. The van der Waals surface area contributed by atoms with Crippen molar-refractivity contribution in [2.24, 2.45) is 0 Å². The van der Waals surface area contributed by atoms with E-state index in [1.165, 1.54) is 23.3 Å². The van der Waals surface area contributed by atoms with E-state index in [4.69, 9.17) is 9.47 Å². The molecule has 1 aromatic rings. The molecular formula is C16H16F3NO3. The van der Waals surface area contributed by atoms with Gasteiger partial charge >= 0.3 is 6.18 Å². The molecule has 0 spiro atoms. The number of carbonyl (C=O) groups excluding carboxylic acids is 1. The third-order valence-electron chi connectivity index (χ3n) is 3.11. The molecule has 0 amide bonds. The van der Waals surface area contributed by atoms with Crippen molar-refractivity contribution in [3.63, 3.8) is 0 Å². The van der Waals surface area contributed by atoms with E-state index in [-0.39, 0.29) is 22.8 Å². The summed E-state index contributed by atoms with van der Waals surface area (Å²) in [6.45, 7) is 2.08. The number of Topliss-reactive ketones (excluding diaryl/α,β-unsaturated/α-hetero) is 1. The molecular weight excluding hydrogens is 311 g/mol. The van der Waals surface area contributed by atoms with E-state index in [0.29, 0.717) is 6.61 Å². The number of nitrogens with zero attached hydrogens (tertiary/aromatic N) is 1. The van der Waals surface area contributed by atoms with E-state index in [1.807, 2.05) is 0 Å². The number of carbonyl (C=O) groups is 1. The number of allylic oxidation sites excluding steroid dienone is 1. The summed E-state index contributed by atoms with van der Waals surface area (Å²) in [5.41, 5.74) is -0.601. The van der Waals surface area contributed by atoms with Gasteiger partial charge in [-0.2, -0.15) is 13.2 Å². The Kier molecular flexibility index (Phi) is 4.68. The molecule has 124 valence electrons. The van der Waals surface area contributed by atoms with Crippen LogP contribution in [0, 0.1) is 0 Å². The van der Waals surface area contributed by atoms with Gasteiger partial charge in [-0.1, -0.05) is 12.1 Å². The van der Waals surface area contributed by atoms with Crippen molar-refractivity contribution in [2.45, 2.75) is 13.1 Å². The first kappa shape index (κ1) is 16.9. The maximum atomic E-state index is 12.9. The molecule has 0 atom stereocenters. The Morgan fingerprint density at radius 2 is 2.00 bits per heavy atom. The zero-order valence-electron chi connectivity index (χ0n) is 12.9. The zero-order valence-corrected chi connectivity index (χ0v) is 12.9. The van der Waals surface area contributed by atoms with E-state index in [2.05, 4.69) is 0 Å². The van der Waals surface area contributed by atoms with Crippen molar-refractivity contribution in [2.75, 3.05) is 20.7 Å².